The average Bonchev–Trinajstić information content (AvgIpc) is 2.76. The van der Waals surface area contributed by atoms with Crippen molar-refractivity contribution in [3.8, 4) is 0 Å². The first-order valence-electron chi connectivity index (χ1n) is 10.00. The Morgan fingerprint density at radius 1 is 0.962 bits per heavy atom. The molecular weight excluding hydrogens is 362 g/mol. The summed E-state index contributed by atoms with van der Waals surface area (Å²) < 4.78 is 65.1. The van der Waals surface area contributed by atoms with Gasteiger partial charge in [-0.1, -0.05) is 13.8 Å². The van der Waals surface area contributed by atoms with Crippen LogP contribution in [-0.2, 0) is 14.6 Å². The van der Waals surface area contributed by atoms with E-state index in [9.17, 15) is 17.2 Å². The molecule has 4 aliphatic carbocycles. The minimum atomic E-state index is -4.42. The molecule has 0 amide bonds. The topological polar surface area (TPSA) is 63.6 Å². The summed E-state index contributed by atoms with van der Waals surface area (Å²) in [6.45, 7) is 4.10. The standard InChI is InChI=1S/C19H30F2O4S/c1-17-8-5-13(25-26(22,23)24)11-12(17)3-4-14-15(17)6-9-18(2)16(14)7-10-19(18,20)21/h12-16H,3-11H2,1-2H3,(H,22,23,24)/t12-,13-,14-,15+,16+,17+,18+/m1/s1. The van der Waals surface area contributed by atoms with Gasteiger partial charge in [-0.2, -0.15) is 8.42 Å². The van der Waals surface area contributed by atoms with Gasteiger partial charge in [0, 0.05) is 11.8 Å². The molecule has 150 valence electrons. The Morgan fingerprint density at radius 3 is 2.35 bits per heavy atom. The third-order valence-corrected chi connectivity index (χ3v) is 9.39. The number of hydrogen-bond donors (Lipinski definition) is 1. The molecule has 0 unspecified atom stereocenters. The molecule has 0 aromatic heterocycles. The zero-order chi connectivity index (χ0) is 19.0. The van der Waals surface area contributed by atoms with Gasteiger partial charge in [-0.3, -0.25) is 4.55 Å². The van der Waals surface area contributed by atoms with Crippen LogP contribution < -0.4 is 0 Å². The van der Waals surface area contributed by atoms with E-state index in [4.69, 9.17) is 8.74 Å². The Hall–Kier alpha value is -0.270. The first-order chi connectivity index (χ1) is 12.0. The summed E-state index contributed by atoms with van der Waals surface area (Å²) in [6.07, 6.45) is 5.65. The van der Waals surface area contributed by atoms with Crippen molar-refractivity contribution < 1.29 is 25.9 Å². The average molecular weight is 393 g/mol. The van der Waals surface area contributed by atoms with Gasteiger partial charge in [0.25, 0.3) is 5.92 Å². The molecule has 0 aliphatic heterocycles. The molecule has 4 aliphatic rings. The zero-order valence-electron chi connectivity index (χ0n) is 15.6. The van der Waals surface area contributed by atoms with Gasteiger partial charge in [0.05, 0.1) is 6.10 Å². The molecule has 4 saturated carbocycles. The van der Waals surface area contributed by atoms with Crippen molar-refractivity contribution in [3.05, 3.63) is 0 Å². The van der Waals surface area contributed by atoms with Crippen molar-refractivity contribution in [1.82, 2.24) is 0 Å². The maximum absolute atomic E-state index is 14.6. The van der Waals surface area contributed by atoms with Gasteiger partial charge in [0.2, 0.25) is 0 Å². The van der Waals surface area contributed by atoms with Crippen molar-refractivity contribution in [2.75, 3.05) is 0 Å². The highest BCUT2D eigenvalue weighted by Crippen LogP contribution is 2.69. The maximum atomic E-state index is 14.6. The van der Waals surface area contributed by atoms with Crippen LogP contribution in [-0.4, -0.2) is 25.0 Å². The highest BCUT2D eigenvalue weighted by molar-refractivity contribution is 7.80. The largest absolute Gasteiger partial charge is 0.397 e. The molecule has 0 saturated heterocycles. The summed E-state index contributed by atoms with van der Waals surface area (Å²) in [5.41, 5.74) is -0.774. The smallest absolute Gasteiger partial charge is 0.264 e. The molecule has 4 nitrogen and oxygen atoms in total. The number of rotatable bonds is 2. The molecule has 0 spiro atoms. The minimum Gasteiger partial charge on any atom is -0.264 e. The second-order valence-electron chi connectivity index (χ2n) is 9.78. The van der Waals surface area contributed by atoms with Crippen LogP contribution in [0.2, 0.25) is 0 Å². The number of hydrogen-bond acceptors (Lipinski definition) is 3. The lowest BCUT2D eigenvalue weighted by atomic mass is 9.45. The van der Waals surface area contributed by atoms with E-state index in [1.165, 1.54) is 0 Å². The SMILES string of the molecule is C[C@]12CC[C@@H](OS(=O)(=O)O)C[C@H]1CC[C@@H]1[C@@H]2CC[C@@]2(C)[C@H]1CCC2(F)F. The van der Waals surface area contributed by atoms with Gasteiger partial charge < -0.3 is 0 Å². The fraction of sp³-hybridized carbons (Fsp3) is 1.00. The van der Waals surface area contributed by atoms with E-state index in [0.29, 0.717) is 43.4 Å². The molecule has 26 heavy (non-hydrogen) atoms. The minimum absolute atomic E-state index is 0.0296. The lowest BCUT2D eigenvalue weighted by Gasteiger charge is -2.60. The Kier molecular flexibility index (Phi) is 4.30. The normalized spacial score (nSPS) is 50.6. The summed E-state index contributed by atoms with van der Waals surface area (Å²) >= 11 is 0. The summed E-state index contributed by atoms with van der Waals surface area (Å²) in [4.78, 5) is 0. The second-order valence-corrected chi connectivity index (χ2v) is 10.8. The molecule has 7 atom stereocenters. The predicted molar refractivity (Wildman–Crippen MR) is 93.1 cm³/mol. The summed E-state index contributed by atoms with van der Waals surface area (Å²) in [7, 11) is -4.42. The third kappa shape index (κ3) is 2.75. The molecule has 0 bridgehead atoms. The first kappa shape index (κ1) is 19.1. The van der Waals surface area contributed by atoms with Crippen molar-refractivity contribution in [3.63, 3.8) is 0 Å². The van der Waals surface area contributed by atoms with Gasteiger partial charge in [0.15, 0.2) is 0 Å². The molecule has 0 radical (unpaired) electrons. The van der Waals surface area contributed by atoms with Crippen molar-refractivity contribution in [2.24, 2.45) is 34.5 Å². The van der Waals surface area contributed by atoms with Crippen LogP contribution >= 0.6 is 0 Å². The van der Waals surface area contributed by atoms with Crippen molar-refractivity contribution in [1.29, 1.82) is 0 Å². The first-order valence-corrected chi connectivity index (χ1v) is 11.4. The summed E-state index contributed by atoms with van der Waals surface area (Å²) in [5, 5.41) is 0. The van der Waals surface area contributed by atoms with Crippen molar-refractivity contribution in [2.45, 2.75) is 83.7 Å². The summed E-state index contributed by atoms with van der Waals surface area (Å²) in [6, 6.07) is 0. The van der Waals surface area contributed by atoms with Gasteiger partial charge in [-0.15, -0.1) is 0 Å². The highest BCUT2D eigenvalue weighted by atomic mass is 32.3. The molecule has 1 N–H and O–H groups in total. The van der Waals surface area contributed by atoms with E-state index in [2.05, 4.69) is 6.92 Å². The molecule has 0 aromatic rings. The van der Waals surface area contributed by atoms with Gasteiger partial charge in [-0.25, -0.2) is 13.0 Å². The highest BCUT2D eigenvalue weighted by Gasteiger charge is 2.66. The van der Waals surface area contributed by atoms with Crippen LogP contribution in [0.3, 0.4) is 0 Å². The Morgan fingerprint density at radius 2 is 1.65 bits per heavy atom. The number of alkyl halides is 2. The Balaban J connectivity index is 1.54. The fourth-order valence-electron chi connectivity index (χ4n) is 7.41. The molecule has 0 heterocycles. The molecule has 4 fully saturated rings. The molecular formula is C19H30F2O4S. The monoisotopic (exact) mass is 392 g/mol. The third-order valence-electron chi connectivity index (χ3n) is 8.87. The van der Waals surface area contributed by atoms with Crippen LogP contribution in [0, 0.1) is 34.5 Å². The summed E-state index contributed by atoms with van der Waals surface area (Å²) in [5.74, 6) is -1.28. The van der Waals surface area contributed by atoms with E-state index in [1.54, 1.807) is 0 Å². The molecule has 4 rings (SSSR count). The van der Waals surface area contributed by atoms with Gasteiger partial charge in [0.1, 0.15) is 0 Å². The van der Waals surface area contributed by atoms with Crippen LogP contribution in [0.1, 0.15) is 71.6 Å². The zero-order valence-corrected chi connectivity index (χ0v) is 16.4. The Labute approximate surface area is 155 Å². The van der Waals surface area contributed by atoms with E-state index in [-0.39, 0.29) is 17.8 Å². The predicted octanol–water partition coefficient (Wildman–Crippen LogP) is 4.85. The van der Waals surface area contributed by atoms with Crippen LogP contribution in [0.5, 0.6) is 0 Å². The molecule has 0 aromatic carbocycles. The number of fused-ring (bicyclic) bond motifs is 5. The lowest BCUT2D eigenvalue weighted by Crippen LogP contribution is -2.55. The molecule has 7 heteroatoms. The van der Waals surface area contributed by atoms with Crippen LogP contribution in [0.25, 0.3) is 0 Å². The van der Waals surface area contributed by atoms with E-state index >= 15 is 0 Å². The van der Waals surface area contributed by atoms with Crippen LogP contribution in [0.4, 0.5) is 8.78 Å². The lowest BCUT2D eigenvalue weighted by molar-refractivity contribution is -0.172. The second kappa shape index (κ2) is 5.86. The Bertz CT molecular complexity index is 681. The van der Waals surface area contributed by atoms with E-state index in [0.717, 1.165) is 25.7 Å². The van der Waals surface area contributed by atoms with Crippen LogP contribution in [0.15, 0.2) is 0 Å². The number of halogens is 2. The van der Waals surface area contributed by atoms with Gasteiger partial charge >= 0.3 is 10.4 Å². The maximum Gasteiger partial charge on any atom is 0.397 e. The quantitative estimate of drug-likeness (QED) is 0.682. The van der Waals surface area contributed by atoms with Gasteiger partial charge in [-0.05, 0) is 80.5 Å². The van der Waals surface area contributed by atoms with E-state index < -0.39 is 27.8 Å². The van der Waals surface area contributed by atoms with Crippen molar-refractivity contribution >= 4 is 10.4 Å². The van der Waals surface area contributed by atoms with E-state index in [1.807, 2.05) is 6.92 Å². The fourth-order valence-corrected chi connectivity index (χ4v) is 7.93.